The zero-order valence-corrected chi connectivity index (χ0v) is 19.5. The number of aromatic nitrogens is 5. The summed E-state index contributed by atoms with van der Waals surface area (Å²) in [6.45, 7) is 2.79. The maximum Gasteiger partial charge on any atom is 0.275 e. The number of carbonyl (C=O) groups is 1. The number of nitriles is 1. The van der Waals surface area contributed by atoms with Gasteiger partial charge in [0.2, 0.25) is 0 Å². The van der Waals surface area contributed by atoms with Gasteiger partial charge < -0.3 is 14.5 Å². The lowest BCUT2D eigenvalue weighted by molar-refractivity contribution is 0.0609. The Morgan fingerprint density at radius 2 is 2.06 bits per heavy atom. The standard InChI is InChI=1S/C24H22ClFN8O/c25-17-11-20(26)22(29-12-17)24(35)33-9-7-32(8-10-33)14-18(1-4-27)34-6-3-16(13-34)21-19-2-5-28-23(19)31-15-30-21/h2-3,5-6,11-13,15,18H,1,7-10,14H2,(H,28,30,31). The number of halogens is 2. The number of rotatable bonds is 6. The number of nitrogens with one attached hydrogen (secondary N) is 1. The smallest absolute Gasteiger partial charge is 0.275 e. The van der Waals surface area contributed by atoms with Crippen molar-refractivity contribution in [2.24, 2.45) is 0 Å². The molecule has 0 spiro atoms. The second kappa shape index (κ2) is 9.82. The van der Waals surface area contributed by atoms with Crippen LogP contribution in [0.4, 0.5) is 4.39 Å². The maximum atomic E-state index is 14.1. The number of aromatic amines is 1. The molecule has 1 fully saturated rings. The molecule has 4 aromatic rings. The minimum atomic E-state index is -0.719. The molecule has 1 saturated heterocycles. The van der Waals surface area contributed by atoms with Crippen LogP contribution in [0.25, 0.3) is 22.3 Å². The summed E-state index contributed by atoms with van der Waals surface area (Å²) in [7, 11) is 0. The molecule has 0 radical (unpaired) electrons. The summed E-state index contributed by atoms with van der Waals surface area (Å²) in [6.07, 6.45) is 8.95. The molecule has 178 valence electrons. The van der Waals surface area contributed by atoms with E-state index in [0.717, 1.165) is 28.4 Å². The van der Waals surface area contributed by atoms with Crippen molar-refractivity contribution in [1.82, 2.24) is 34.3 Å². The summed E-state index contributed by atoms with van der Waals surface area (Å²) < 4.78 is 16.2. The zero-order valence-electron chi connectivity index (χ0n) is 18.7. The number of H-pyrrole nitrogens is 1. The molecule has 4 aromatic heterocycles. The number of amides is 1. The molecule has 0 bridgehead atoms. The van der Waals surface area contributed by atoms with E-state index >= 15 is 0 Å². The van der Waals surface area contributed by atoms with Crippen LogP contribution < -0.4 is 0 Å². The average molecular weight is 493 g/mol. The minimum absolute atomic E-state index is 0.0602. The van der Waals surface area contributed by atoms with E-state index in [0.29, 0.717) is 39.1 Å². The minimum Gasteiger partial charge on any atom is -0.348 e. The van der Waals surface area contributed by atoms with Gasteiger partial charge in [0.25, 0.3) is 5.91 Å². The predicted molar refractivity (Wildman–Crippen MR) is 128 cm³/mol. The molecule has 1 N–H and O–H groups in total. The van der Waals surface area contributed by atoms with Crippen LogP contribution in [0, 0.1) is 17.1 Å². The molecule has 1 unspecified atom stereocenters. The van der Waals surface area contributed by atoms with E-state index < -0.39 is 11.7 Å². The highest BCUT2D eigenvalue weighted by Gasteiger charge is 2.27. The van der Waals surface area contributed by atoms with E-state index in [-0.39, 0.29) is 16.8 Å². The van der Waals surface area contributed by atoms with Crippen molar-refractivity contribution in [2.45, 2.75) is 12.5 Å². The quantitative estimate of drug-likeness (QED) is 0.441. The van der Waals surface area contributed by atoms with Crippen molar-refractivity contribution in [3.05, 3.63) is 65.8 Å². The maximum absolute atomic E-state index is 14.1. The summed E-state index contributed by atoms with van der Waals surface area (Å²) in [4.78, 5) is 32.2. The normalized spacial score (nSPS) is 15.3. The van der Waals surface area contributed by atoms with Crippen LogP contribution in [0.2, 0.25) is 5.02 Å². The number of pyridine rings is 1. The monoisotopic (exact) mass is 492 g/mol. The molecule has 5 heterocycles. The van der Waals surface area contributed by atoms with Gasteiger partial charge in [-0.25, -0.2) is 19.3 Å². The van der Waals surface area contributed by atoms with Gasteiger partial charge in [0, 0.05) is 68.5 Å². The topological polar surface area (TPSA) is 107 Å². The van der Waals surface area contributed by atoms with Crippen LogP contribution in [0.5, 0.6) is 0 Å². The van der Waals surface area contributed by atoms with Crippen molar-refractivity contribution in [3.63, 3.8) is 0 Å². The van der Waals surface area contributed by atoms with E-state index in [2.05, 4.69) is 30.9 Å². The Labute approximate surface area is 205 Å². The van der Waals surface area contributed by atoms with Crippen molar-refractivity contribution < 1.29 is 9.18 Å². The lowest BCUT2D eigenvalue weighted by Crippen LogP contribution is -2.50. The number of fused-ring (bicyclic) bond motifs is 1. The molecule has 11 heteroatoms. The van der Waals surface area contributed by atoms with Gasteiger partial charge in [0.15, 0.2) is 11.5 Å². The largest absolute Gasteiger partial charge is 0.348 e. The second-order valence-electron chi connectivity index (χ2n) is 8.40. The predicted octanol–water partition coefficient (Wildman–Crippen LogP) is 3.53. The fraction of sp³-hybridized carbons (Fsp3) is 0.292. The first-order valence-corrected chi connectivity index (χ1v) is 11.6. The second-order valence-corrected chi connectivity index (χ2v) is 8.84. The third kappa shape index (κ3) is 4.73. The van der Waals surface area contributed by atoms with E-state index in [9.17, 15) is 14.4 Å². The number of hydrogen-bond donors (Lipinski definition) is 1. The number of nitrogens with zero attached hydrogens (tertiary/aromatic N) is 7. The van der Waals surface area contributed by atoms with Crippen LogP contribution in [-0.2, 0) is 0 Å². The van der Waals surface area contributed by atoms with Gasteiger partial charge in [-0.1, -0.05) is 11.6 Å². The number of carbonyl (C=O) groups excluding carboxylic acids is 1. The third-order valence-corrected chi connectivity index (χ3v) is 6.44. The van der Waals surface area contributed by atoms with Gasteiger partial charge in [-0.15, -0.1) is 0 Å². The highest BCUT2D eigenvalue weighted by Crippen LogP contribution is 2.27. The first-order chi connectivity index (χ1) is 17.0. The summed E-state index contributed by atoms with van der Waals surface area (Å²) in [5, 5.41) is 10.5. The van der Waals surface area contributed by atoms with Crippen molar-refractivity contribution in [3.8, 4) is 17.3 Å². The Hall–Kier alpha value is -3.81. The molecule has 0 saturated carbocycles. The molecule has 0 aliphatic carbocycles. The number of hydrogen-bond acceptors (Lipinski definition) is 6. The van der Waals surface area contributed by atoms with Crippen LogP contribution >= 0.6 is 11.6 Å². The molecule has 0 aromatic carbocycles. The third-order valence-electron chi connectivity index (χ3n) is 6.23. The van der Waals surface area contributed by atoms with Gasteiger partial charge >= 0.3 is 0 Å². The van der Waals surface area contributed by atoms with E-state index in [1.54, 1.807) is 4.90 Å². The van der Waals surface area contributed by atoms with Crippen molar-refractivity contribution in [1.29, 1.82) is 5.26 Å². The van der Waals surface area contributed by atoms with Gasteiger partial charge in [0.1, 0.15) is 12.0 Å². The highest BCUT2D eigenvalue weighted by atomic mass is 35.5. The van der Waals surface area contributed by atoms with Crippen molar-refractivity contribution >= 4 is 28.5 Å². The molecule has 1 aliphatic heterocycles. The molecule has 35 heavy (non-hydrogen) atoms. The fourth-order valence-electron chi connectivity index (χ4n) is 4.41. The van der Waals surface area contributed by atoms with Crippen molar-refractivity contribution in [2.75, 3.05) is 32.7 Å². The van der Waals surface area contributed by atoms with E-state index in [4.69, 9.17) is 11.6 Å². The van der Waals surface area contributed by atoms with Gasteiger partial charge in [-0.2, -0.15) is 5.26 Å². The molecule has 1 aliphatic rings. The van der Waals surface area contributed by atoms with Crippen LogP contribution in [-0.4, -0.2) is 72.9 Å². The Morgan fingerprint density at radius 1 is 1.23 bits per heavy atom. The summed E-state index contributed by atoms with van der Waals surface area (Å²) in [5.74, 6) is -1.16. The molecule has 1 atom stereocenters. The zero-order chi connectivity index (χ0) is 24.4. The average Bonchev–Trinajstić information content (AvgIpc) is 3.54. The lowest BCUT2D eigenvalue weighted by atomic mass is 10.1. The van der Waals surface area contributed by atoms with E-state index in [1.165, 1.54) is 12.5 Å². The van der Waals surface area contributed by atoms with Crippen LogP contribution in [0.1, 0.15) is 23.0 Å². The Morgan fingerprint density at radius 3 is 2.83 bits per heavy atom. The lowest BCUT2D eigenvalue weighted by Gasteiger charge is -2.36. The van der Waals surface area contributed by atoms with E-state index in [1.807, 2.05) is 35.3 Å². The Kier molecular flexibility index (Phi) is 6.44. The summed E-state index contributed by atoms with van der Waals surface area (Å²) in [6, 6.07) is 7.26. The Balaban J connectivity index is 1.25. The molecular formula is C24H22ClFN8O. The number of piperazine rings is 1. The first-order valence-electron chi connectivity index (χ1n) is 11.2. The summed E-state index contributed by atoms with van der Waals surface area (Å²) >= 11 is 5.74. The molecule has 5 rings (SSSR count). The Bertz CT molecular complexity index is 1400. The van der Waals surface area contributed by atoms with Crippen LogP contribution in [0.3, 0.4) is 0 Å². The molecule has 9 nitrogen and oxygen atoms in total. The SMILES string of the molecule is N#CCC(CN1CCN(C(=O)c2ncc(Cl)cc2F)CC1)n1ccc(-c2ncnc3[nH]ccc23)c1. The fourth-order valence-corrected chi connectivity index (χ4v) is 4.55. The summed E-state index contributed by atoms with van der Waals surface area (Å²) in [5.41, 5.74) is 2.34. The molecular weight excluding hydrogens is 471 g/mol. The van der Waals surface area contributed by atoms with Gasteiger partial charge in [-0.3, -0.25) is 9.69 Å². The van der Waals surface area contributed by atoms with Gasteiger partial charge in [0.05, 0.1) is 29.2 Å². The van der Waals surface area contributed by atoms with Crippen LogP contribution in [0.15, 0.2) is 49.3 Å². The highest BCUT2D eigenvalue weighted by molar-refractivity contribution is 6.30. The first kappa shape index (κ1) is 23.0. The van der Waals surface area contributed by atoms with Gasteiger partial charge in [-0.05, 0) is 18.2 Å². The molecule has 1 amide bonds.